The first-order valence-corrected chi connectivity index (χ1v) is 8.30. The van der Waals surface area contributed by atoms with Gasteiger partial charge in [-0.2, -0.15) is 4.98 Å². The van der Waals surface area contributed by atoms with E-state index in [4.69, 9.17) is 20.5 Å². The monoisotopic (exact) mass is 367 g/mol. The molecule has 0 fully saturated rings. The molecule has 1 amide bonds. The van der Waals surface area contributed by atoms with Gasteiger partial charge in [0, 0.05) is 23.0 Å². The quantitative estimate of drug-likeness (QED) is 0.534. The van der Waals surface area contributed by atoms with Gasteiger partial charge in [0.05, 0.1) is 0 Å². The average Bonchev–Trinajstić information content (AvgIpc) is 3.28. The molecule has 0 saturated heterocycles. The number of amides is 1. The first-order chi connectivity index (χ1) is 12.6. The first-order valence-electron chi connectivity index (χ1n) is 7.93. The molecule has 2 aromatic heterocycles. The number of benzene rings is 2. The first kappa shape index (κ1) is 16.4. The molecule has 0 atom stereocenters. The van der Waals surface area contributed by atoms with Crippen LogP contribution >= 0.6 is 11.6 Å². The van der Waals surface area contributed by atoms with Gasteiger partial charge in [-0.05, 0) is 36.4 Å². The summed E-state index contributed by atoms with van der Waals surface area (Å²) in [5, 5.41) is 5.46. The third kappa shape index (κ3) is 3.19. The van der Waals surface area contributed by atoms with Crippen LogP contribution in [0, 0.1) is 0 Å². The van der Waals surface area contributed by atoms with Crippen LogP contribution in [0.25, 0.3) is 22.4 Å². The van der Waals surface area contributed by atoms with Gasteiger partial charge in [0.2, 0.25) is 11.7 Å². The molecule has 130 valence electrons. The Kier molecular flexibility index (Phi) is 4.18. The second kappa shape index (κ2) is 6.65. The van der Waals surface area contributed by atoms with Gasteiger partial charge < -0.3 is 13.8 Å². The summed E-state index contributed by atoms with van der Waals surface area (Å²) >= 11 is 5.88. The van der Waals surface area contributed by atoms with Crippen LogP contribution in [0.15, 0.2) is 63.5 Å². The number of para-hydroxylation sites is 1. The van der Waals surface area contributed by atoms with Crippen molar-refractivity contribution < 1.29 is 13.7 Å². The Hall–Kier alpha value is -3.12. The van der Waals surface area contributed by atoms with E-state index in [0.29, 0.717) is 22.3 Å². The van der Waals surface area contributed by atoms with Crippen LogP contribution in [-0.4, -0.2) is 28.0 Å². The van der Waals surface area contributed by atoms with Crippen LogP contribution in [0.3, 0.4) is 0 Å². The van der Waals surface area contributed by atoms with Crippen molar-refractivity contribution in [3.05, 3.63) is 71.3 Å². The van der Waals surface area contributed by atoms with Crippen LogP contribution in [-0.2, 0) is 6.54 Å². The Labute approximate surface area is 154 Å². The number of aromatic nitrogens is 2. The molecule has 0 aliphatic rings. The van der Waals surface area contributed by atoms with Crippen LogP contribution < -0.4 is 0 Å². The maximum Gasteiger partial charge on any atom is 0.289 e. The molecule has 0 spiro atoms. The topological polar surface area (TPSA) is 72.4 Å². The zero-order chi connectivity index (χ0) is 18.1. The summed E-state index contributed by atoms with van der Waals surface area (Å²) < 4.78 is 10.9. The van der Waals surface area contributed by atoms with E-state index in [1.165, 1.54) is 4.90 Å². The number of carbonyl (C=O) groups excluding carboxylic acids is 1. The SMILES string of the molecule is CN(Cc1nc(-c2ccc(Cl)cc2)no1)C(=O)c1cc2ccccc2o1. The molecule has 7 heteroatoms. The molecule has 2 aromatic carbocycles. The number of fused-ring (bicyclic) bond motifs is 1. The predicted molar refractivity (Wildman–Crippen MR) is 96.8 cm³/mol. The summed E-state index contributed by atoms with van der Waals surface area (Å²) in [6.07, 6.45) is 0. The Morgan fingerprint density at radius 3 is 2.69 bits per heavy atom. The van der Waals surface area contributed by atoms with Crippen molar-refractivity contribution in [3.63, 3.8) is 0 Å². The maximum absolute atomic E-state index is 12.6. The van der Waals surface area contributed by atoms with Crippen LogP contribution in [0.1, 0.15) is 16.4 Å². The van der Waals surface area contributed by atoms with E-state index in [-0.39, 0.29) is 18.2 Å². The van der Waals surface area contributed by atoms with Gasteiger partial charge >= 0.3 is 0 Å². The lowest BCUT2D eigenvalue weighted by Crippen LogP contribution is -2.25. The van der Waals surface area contributed by atoms with Gasteiger partial charge in [0.1, 0.15) is 12.1 Å². The molecule has 0 N–H and O–H groups in total. The maximum atomic E-state index is 12.6. The lowest BCUT2D eigenvalue weighted by atomic mass is 10.2. The average molecular weight is 368 g/mol. The third-order valence-corrected chi connectivity index (χ3v) is 4.18. The number of hydrogen-bond donors (Lipinski definition) is 0. The molecule has 0 unspecified atom stereocenters. The highest BCUT2D eigenvalue weighted by Gasteiger charge is 2.19. The third-order valence-electron chi connectivity index (χ3n) is 3.93. The summed E-state index contributed by atoms with van der Waals surface area (Å²) in [6.45, 7) is 0.177. The Morgan fingerprint density at radius 1 is 1.15 bits per heavy atom. The minimum atomic E-state index is -0.257. The molecular weight excluding hydrogens is 354 g/mol. The van der Waals surface area contributed by atoms with Gasteiger partial charge in [0.15, 0.2) is 5.76 Å². The Bertz CT molecular complexity index is 1040. The van der Waals surface area contributed by atoms with Crippen molar-refractivity contribution >= 4 is 28.5 Å². The summed E-state index contributed by atoms with van der Waals surface area (Å²) in [6, 6.07) is 16.3. The molecule has 6 nitrogen and oxygen atoms in total. The lowest BCUT2D eigenvalue weighted by molar-refractivity contribution is 0.0740. The highest BCUT2D eigenvalue weighted by molar-refractivity contribution is 6.30. The fourth-order valence-electron chi connectivity index (χ4n) is 2.59. The van der Waals surface area contributed by atoms with Crippen molar-refractivity contribution in [2.45, 2.75) is 6.54 Å². The standard InChI is InChI=1S/C19H14ClN3O3/c1-23(19(24)16-10-13-4-2-3-5-15(13)25-16)11-17-21-18(22-26-17)12-6-8-14(20)9-7-12/h2-10H,11H2,1H3. The molecule has 0 radical (unpaired) electrons. The molecule has 0 aliphatic carbocycles. The van der Waals surface area contributed by atoms with Crippen LogP contribution in [0.5, 0.6) is 0 Å². The highest BCUT2D eigenvalue weighted by atomic mass is 35.5. The van der Waals surface area contributed by atoms with Crippen LogP contribution in [0.4, 0.5) is 0 Å². The second-order valence-corrected chi connectivity index (χ2v) is 6.26. The fourth-order valence-corrected chi connectivity index (χ4v) is 2.71. The molecule has 4 rings (SSSR count). The molecule has 0 bridgehead atoms. The summed E-state index contributed by atoms with van der Waals surface area (Å²) in [5.41, 5.74) is 1.46. The number of carbonyl (C=O) groups is 1. The van der Waals surface area contributed by atoms with Crippen molar-refractivity contribution in [1.82, 2.24) is 15.0 Å². The van der Waals surface area contributed by atoms with Crippen molar-refractivity contribution in [2.24, 2.45) is 0 Å². The van der Waals surface area contributed by atoms with Crippen molar-refractivity contribution in [1.29, 1.82) is 0 Å². The van der Waals surface area contributed by atoms with E-state index >= 15 is 0 Å². The van der Waals surface area contributed by atoms with Gasteiger partial charge in [0.25, 0.3) is 5.91 Å². The Morgan fingerprint density at radius 2 is 1.92 bits per heavy atom. The zero-order valence-corrected chi connectivity index (χ0v) is 14.6. The molecule has 4 aromatic rings. The van der Waals surface area contributed by atoms with E-state index in [2.05, 4.69) is 10.1 Å². The number of rotatable bonds is 4. The molecular formula is C19H14ClN3O3. The fraction of sp³-hybridized carbons (Fsp3) is 0.105. The minimum absolute atomic E-state index is 0.177. The predicted octanol–water partition coefficient (Wildman–Crippen LogP) is 4.41. The van der Waals surface area contributed by atoms with E-state index in [0.717, 1.165) is 10.9 Å². The molecule has 0 aliphatic heterocycles. The smallest absolute Gasteiger partial charge is 0.289 e. The number of nitrogens with zero attached hydrogens (tertiary/aromatic N) is 3. The van der Waals surface area contributed by atoms with Crippen molar-refractivity contribution in [3.8, 4) is 11.4 Å². The molecule has 26 heavy (non-hydrogen) atoms. The largest absolute Gasteiger partial charge is 0.451 e. The highest BCUT2D eigenvalue weighted by Crippen LogP contribution is 2.21. The second-order valence-electron chi connectivity index (χ2n) is 5.83. The van der Waals surface area contributed by atoms with E-state index in [1.54, 1.807) is 37.4 Å². The number of hydrogen-bond acceptors (Lipinski definition) is 5. The summed E-state index contributed by atoms with van der Waals surface area (Å²) in [4.78, 5) is 18.4. The van der Waals surface area contributed by atoms with E-state index in [1.807, 2.05) is 24.3 Å². The zero-order valence-electron chi connectivity index (χ0n) is 13.8. The summed E-state index contributed by atoms with van der Waals surface area (Å²) in [5.74, 6) is 0.793. The minimum Gasteiger partial charge on any atom is -0.451 e. The van der Waals surface area contributed by atoms with Gasteiger partial charge in [-0.15, -0.1) is 0 Å². The molecule has 0 saturated carbocycles. The Balaban J connectivity index is 1.50. The van der Waals surface area contributed by atoms with E-state index < -0.39 is 0 Å². The summed E-state index contributed by atoms with van der Waals surface area (Å²) in [7, 11) is 1.65. The normalized spacial score (nSPS) is 11.0. The van der Waals surface area contributed by atoms with E-state index in [9.17, 15) is 4.79 Å². The van der Waals surface area contributed by atoms with Crippen LogP contribution in [0.2, 0.25) is 5.02 Å². The molecule has 2 heterocycles. The lowest BCUT2D eigenvalue weighted by Gasteiger charge is -2.12. The number of furan rings is 1. The van der Waals surface area contributed by atoms with Gasteiger partial charge in [-0.1, -0.05) is 35.0 Å². The number of halogens is 1. The van der Waals surface area contributed by atoms with Crippen molar-refractivity contribution in [2.75, 3.05) is 7.05 Å². The van der Waals surface area contributed by atoms with Gasteiger partial charge in [-0.3, -0.25) is 4.79 Å². The van der Waals surface area contributed by atoms with Gasteiger partial charge in [-0.25, -0.2) is 0 Å².